The molecule has 0 unspecified atom stereocenters. The number of carbonyl (C=O) groups excluding carboxylic acids is 1. The smallest absolute Gasteiger partial charge is 0.269 e. The number of non-ortho nitro benzene ring substituents is 1. The quantitative estimate of drug-likeness (QED) is 0.259. The lowest BCUT2D eigenvalue weighted by molar-refractivity contribution is -0.384. The van der Waals surface area contributed by atoms with E-state index in [1.807, 2.05) is 26.8 Å². The molecule has 0 aliphatic heterocycles. The molecule has 0 amide bonds. The van der Waals surface area contributed by atoms with E-state index in [0.29, 0.717) is 33.1 Å². The molecular weight excluding hydrogens is 426 g/mol. The summed E-state index contributed by atoms with van der Waals surface area (Å²) in [7, 11) is 0. The number of nitrogens with one attached hydrogen (secondary N) is 1. The number of nitro benzene ring substituents is 1. The first kappa shape index (κ1) is 19.7. The number of aromatic nitrogens is 3. The maximum atomic E-state index is 12.0. The van der Waals surface area contributed by atoms with Crippen LogP contribution in [0, 0.1) is 10.1 Å². The average Bonchev–Trinajstić information content (AvgIpc) is 3.00. The highest BCUT2D eigenvalue weighted by molar-refractivity contribution is 9.10. The summed E-state index contributed by atoms with van der Waals surface area (Å²) in [5, 5.41) is 18.7. The molecule has 144 valence electrons. The molecule has 3 rings (SSSR count). The summed E-state index contributed by atoms with van der Waals surface area (Å²) in [5.74, 6) is 1.06. The second-order valence-corrected chi connectivity index (χ2v) is 7.90. The maximum absolute atomic E-state index is 12.0. The Balaban J connectivity index is 2.15. The van der Waals surface area contributed by atoms with Crippen LogP contribution < -0.4 is 5.32 Å². The molecule has 0 saturated heterocycles. The van der Waals surface area contributed by atoms with E-state index in [1.165, 1.54) is 12.1 Å². The zero-order chi connectivity index (χ0) is 20.5. The van der Waals surface area contributed by atoms with E-state index in [2.05, 4.69) is 31.3 Å². The summed E-state index contributed by atoms with van der Waals surface area (Å²) in [6.45, 7) is 5.90. The van der Waals surface area contributed by atoms with Crippen LogP contribution >= 0.6 is 15.9 Å². The number of anilines is 2. The van der Waals surface area contributed by atoms with Gasteiger partial charge in [-0.2, -0.15) is 5.10 Å². The number of nitro groups is 1. The van der Waals surface area contributed by atoms with Gasteiger partial charge in [0.25, 0.3) is 5.69 Å². The number of hydrogen-bond donors (Lipinski definition) is 1. The Morgan fingerprint density at radius 2 is 1.86 bits per heavy atom. The molecule has 1 aromatic carbocycles. The van der Waals surface area contributed by atoms with Gasteiger partial charge in [0.15, 0.2) is 6.29 Å². The Bertz CT molecular complexity index is 1040. The largest absolute Gasteiger partial charge is 0.324 e. The Hall–Kier alpha value is -3.07. The zero-order valence-electron chi connectivity index (χ0n) is 15.5. The molecule has 8 nitrogen and oxygen atoms in total. The van der Waals surface area contributed by atoms with E-state index in [0.717, 1.165) is 6.29 Å². The molecule has 0 saturated carbocycles. The lowest BCUT2D eigenvalue weighted by atomic mass is 10.1. The first-order valence-electron chi connectivity index (χ1n) is 8.44. The molecule has 0 aliphatic rings. The first-order chi connectivity index (χ1) is 13.2. The predicted molar refractivity (Wildman–Crippen MR) is 110 cm³/mol. The van der Waals surface area contributed by atoms with E-state index < -0.39 is 10.5 Å². The zero-order valence-corrected chi connectivity index (χ0v) is 17.1. The van der Waals surface area contributed by atoms with Gasteiger partial charge >= 0.3 is 0 Å². The van der Waals surface area contributed by atoms with Gasteiger partial charge < -0.3 is 5.32 Å². The maximum Gasteiger partial charge on any atom is 0.269 e. The highest BCUT2D eigenvalue weighted by Crippen LogP contribution is 2.34. The van der Waals surface area contributed by atoms with Crippen LogP contribution in [-0.4, -0.2) is 26.0 Å². The van der Waals surface area contributed by atoms with E-state index in [1.54, 1.807) is 28.9 Å². The molecule has 0 radical (unpaired) electrons. The van der Waals surface area contributed by atoms with Crippen LogP contribution in [0.2, 0.25) is 0 Å². The number of aldehydes is 1. The van der Waals surface area contributed by atoms with Crippen molar-refractivity contribution >= 4 is 39.5 Å². The summed E-state index contributed by atoms with van der Waals surface area (Å²) in [5.41, 5.74) is 0.956. The van der Waals surface area contributed by atoms with Gasteiger partial charge in [0, 0.05) is 17.7 Å². The Morgan fingerprint density at radius 1 is 1.18 bits per heavy atom. The van der Waals surface area contributed by atoms with Crippen molar-refractivity contribution in [2.45, 2.75) is 26.3 Å². The molecule has 2 heterocycles. The van der Waals surface area contributed by atoms with Crippen LogP contribution in [0.1, 0.15) is 31.1 Å². The third-order valence-electron chi connectivity index (χ3n) is 3.99. The third-order valence-corrected chi connectivity index (χ3v) is 4.43. The van der Waals surface area contributed by atoms with Crippen LogP contribution in [0.3, 0.4) is 0 Å². The van der Waals surface area contributed by atoms with Crippen molar-refractivity contribution in [3.05, 3.63) is 62.7 Å². The Labute approximate surface area is 169 Å². The van der Waals surface area contributed by atoms with Gasteiger partial charge in [-0.1, -0.05) is 6.07 Å². The molecule has 1 N–H and O–H groups in total. The van der Waals surface area contributed by atoms with Crippen molar-refractivity contribution < 1.29 is 9.72 Å². The summed E-state index contributed by atoms with van der Waals surface area (Å²) in [6.07, 6.45) is 0.728. The van der Waals surface area contributed by atoms with Crippen LogP contribution in [0.4, 0.5) is 17.3 Å². The highest BCUT2D eigenvalue weighted by Gasteiger charge is 2.26. The van der Waals surface area contributed by atoms with Crippen LogP contribution in [0.5, 0.6) is 0 Å². The topological polar surface area (TPSA) is 103 Å². The normalized spacial score (nSPS) is 11.3. The van der Waals surface area contributed by atoms with Crippen molar-refractivity contribution in [2.75, 3.05) is 5.32 Å². The number of carbonyl (C=O) groups is 1. The molecule has 28 heavy (non-hydrogen) atoms. The van der Waals surface area contributed by atoms with Crippen molar-refractivity contribution in [1.29, 1.82) is 0 Å². The van der Waals surface area contributed by atoms with Gasteiger partial charge in [-0.15, -0.1) is 0 Å². The lowest BCUT2D eigenvalue weighted by Gasteiger charge is -2.22. The monoisotopic (exact) mass is 443 g/mol. The SMILES string of the molecule is CC(C)(C)n1nc(-c2ccc([N+](=O)[O-])cc2)c(C=O)c1Nc1cccc(Br)n1. The molecule has 2 aromatic heterocycles. The highest BCUT2D eigenvalue weighted by atomic mass is 79.9. The summed E-state index contributed by atoms with van der Waals surface area (Å²) in [4.78, 5) is 26.7. The van der Waals surface area contributed by atoms with E-state index in [4.69, 9.17) is 0 Å². The van der Waals surface area contributed by atoms with Crippen LogP contribution in [0.15, 0.2) is 47.1 Å². The van der Waals surface area contributed by atoms with Crippen LogP contribution in [0.25, 0.3) is 11.3 Å². The van der Waals surface area contributed by atoms with Gasteiger partial charge in [0.05, 0.1) is 16.0 Å². The number of nitrogens with zero attached hydrogens (tertiary/aromatic N) is 4. The van der Waals surface area contributed by atoms with E-state index >= 15 is 0 Å². The molecule has 0 atom stereocenters. The van der Waals surface area contributed by atoms with Crippen LogP contribution in [-0.2, 0) is 5.54 Å². The van der Waals surface area contributed by atoms with Gasteiger partial charge in [-0.05, 0) is 61.0 Å². The number of halogens is 1. The second-order valence-electron chi connectivity index (χ2n) is 7.09. The number of pyridine rings is 1. The molecule has 0 bridgehead atoms. The fourth-order valence-corrected chi connectivity index (χ4v) is 3.04. The van der Waals surface area contributed by atoms with Crippen molar-refractivity contribution in [3.8, 4) is 11.3 Å². The summed E-state index contributed by atoms with van der Waals surface area (Å²) >= 11 is 3.33. The standard InChI is InChI=1S/C19H18BrN5O3/c1-19(2,3)24-18(22-16-6-4-5-15(20)21-16)14(11-26)17(23-24)12-7-9-13(10-8-12)25(27)28/h4-11H,1-3H3,(H,21,22). The molecule has 0 fully saturated rings. The molecule has 0 spiro atoms. The fourth-order valence-electron chi connectivity index (χ4n) is 2.70. The minimum atomic E-state index is -0.468. The molecule has 0 aliphatic carbocycles. The lowest BCUT2D eigenvalue weighted by Crippen LogP contribution is -2.25. The Kier molecular flexibility index (Phi) is 5.28. The van der Waals surface area contributed by atoms with E-state index in [-0.39, 0.29) is 5.69 Å². The fraction of sp³-hybridized carbons (Fsp3) is 0.211. The van der Waals surface area contributed by atoms with Crippen molar-refractivity contribution in [1.82, 2.24) is 14.8 Å². The summed E-state index contributed by atoms with van der Waals surface area (Å²) < 4.78 is 2.37. The van der Waals surface area contributed by atoms with Gasteiger partial charge in [0.2, 0.25) is 0 Å². The third kappa shape index (κ3) is 3.94. The van der Waals surface area contributed by atoms with E-state index in [9.17, 15) is 14.9 Å². The number of rotatable bonds is 5. The summed E-state index contributed by atoms with van der Waals surface area (Å²) in [6, 6.07) is 11.4. The minimum absolute atomic E-state index is 0.0247. The van der Waals surface area contributed by atoms with Crippen molar-refractivity contribution in [2.24, 2.45) is 0 Å². The second kappa shape index (κ2) is 7.51. The first-order valence-corrected chi connectivity index (χ1v) is 9.23. The molecule has 9 heteroatoms. The van der Waals surface area contributed by atoms with Gasteiger partial charge in [0.1, 0.15) is 21.9 Å². The molecule has 3 aromatic rings. The molecular formula is C19H18BrN5O3. The number of benzene rings is 1. The average molecular weight is 444 g/mol. The van der Waals surface area contributed by atoms with Crippen molar-refractivity contribution in [3.63, 3.8) is 0 Å². The van der Waals surface area contributed by atoms with Gasteiger partial charge in [-0.3, -0.25) is 14.9 Å². The predicted octanol–water partition coefficient (Wildman–Crippen LogP) is 4.93. The van der Waals surface area contributed by atoms with Gasteiger partial charge in [-0.25, -0.2) is 9.67 Å². The number of hydrogen-bond acceptors (Lipinski definition) is 6. The Morgan fingerprint density at radius 3 is 2.39 bits per heavy atom. The minimum Gasteiger partial charge on any atom is -0.324 e.